The molecule has 0 rings (SSSR count). The summed E-state index contributed by atoms with van der Waals surface area (Å²) in [5.74, 6) is -18.9. The minimum absolute atomic E-state index is 2.95. The highest BCUT2D eigenvalue weighted by atomic mass is 31.2. The molecule has 0 radical (unpaired) electrons. The van der Waals surface area contributed by atoms with Gasteiger partial charge >= 0.3 is 26.4 Å². The van der Waals surface area contributed by atoms with Gasteiger partial charge < -0.3 is 0 Å². The predicted molar refractivity (Wildman–Crippen MR) is 87.1 cm³/mol. The van der Waals surface area contributed by atoms with Crippen molar-refractivity contribution in [2.45, 2.75) is 93.1 Å². The van der Waals surface area contributed by atoms with E-state index in [1.54, 1.807) is 0 Å². The van der Waals surface area contributed by atoms with Crippen LogP contribution in [-0.2, 0) is 13.6 Å². The summed E-state index contributed by atoms with van der Waals surface area (Å²) in [5, 5.41) is 0. The molecule has 0 amide bonds. The first-order valence-electron chi connectivity index (χ1n) is 9.39. The molecule has 0 aliphatic heterocycles. The van der Waals surface area contributed by atoms with E-state index in [2.05, 4.69) is 13.6 Å². The Morgan fingerprint density at radius 3 is 0.675 bits per heavy atom. The molecule has 0 saturated carbocycles. The molecule has 0 fully saturated rings. The van der Waals surface area contributed by atoms with E-state index in [1.165, 1.54) is 0 Å². The highest BCUT2D eigenvalue weighted by molar-refractivity contribution is 7.41. The SMILES string of the molecule is FC(F)C(F)C(F)C(F)(F)C(F)OP(OC(F)C(F)(F)C(F)C(F)C(F)F)OC(F)C(F)(F)C(F)C(F)C(F)F. The Morgan fingerprint density at radius 1 is 0.350 bits per heavy atom. The summed E-state index contributed by atoms with van der Waals surface area (Å²) in [5.41, 5.74) is 0. The van der Waals surface area contributed by atoms with E-state index in [-0.39, 0.29) is 0 Å². The fraction of sp³-hybridized carbons (Fsp3) is 1.00. The van der Waals surface area contributed by atoms with Gasteiger partial charge in [-0.1, -0.05) is 0 Å². The van der Waals surface area contributed by atoms with Crippen LogP contribution in [0.3, 0.4) is 0 Å². The van der Waals surface area contributed by atoms with Gasteiger partial charge in [0.15, 0.2) is 18.5 Å². The third-order valence-electron chi connectivity index (χ3n) is 4.11. The molecule has 9 atom stereocenters. The van der Waals surface area contributed by atoms with Gasteiger partial charge in [-0.2, -0.15) is 26.3 Å². The van der Waals surface area contributed by atoms with Crippen molar-refractivity contribution in [1.29, 1.82) is 0 Å². The Kier molecular flexibility index (Phi) is 14.4. The van der Waals surface area contributed by atoms with Gasteiger partial charge in [-0.25, -0.2) is 65.9 Å². The number of halogens is 21. The minimum atomic E-state index is -6.30. The largest absolute Gasteiger partial charge is 0.341 e. The van der Waals surface area contributed by atoms with Crippen LogP contribution in [0.25, 0.3) is 0 Å². The lowest BCUT2D eigenvalue weighted by molar-refractivity contribution is -0.245. The Hall–Kier alpha value is -1.16. The molecular weight excluding hydrogens is 658 g/mol. The summed E-state index contributed by atoms with van der Waals surface area (Å²) >= 11 is 0. The number of rotatable bonds is 18. The fourth-order valence-electron chi connectivity index (χ4n) is 1.91. The maximum atomic E-state index is 13.7. The number of alkyl halides is 21. The van der Waals surface area contributed by atoms with Crippen LogP contribution >= 0.6 is 8.60 Å². The molecule has 0 saturated heterocycles. The standard InChI is InChI=1S/C15H12F21O3P/c16-1(7(22)23)4(19)13(31,32)10(28)37-40(38-11(29)14(33,34)5(20)2(17)8(24)25)39-12(30)15(35,36)6(21)3(18)9(26)27/h1-12H. The first-order valence-corrected chi connectivity index (χ1v) is 10.5. The Morgan fingerprint density at radius 2 is 0.525 bits per heavy atom. The molecule has 0 aromatic heterocycles. The minimum Gasteiger partial charge on any atom is -0.270 e. The normalized spacial score (nSPS) is 21.6. The number of hydrogen-bond donors (Lipinski definition) is 0. The monoisotopic (exact) mass is 670 g/mol. The summed E-state index contributed by atoms with van der Waals surface area (Å²) in [6.07, 6.45) is -58.3. The number of hydrogen-bond acceptors (Lipinski definition) is 3. The summed E-state index contributed by atoms with van der Waals surface area (Å²) in [6, 6.07) is 0. The second-order valence-corrected chi connectivity index (χ2v) is 8.13. The highest BCUT2D eigenvalue weighted by Gasteiger charge is 2.61. The summed E-state index contributed by atoms with van der Waals surface area (Å²) in [4.78, 5) is 0. The first kappa shape index (κ1) is 38.8. The van der Waals surface area contributed by atoms with E-state index in [9.17, 15) is 92.2 Å². The van der Waals surface area contributed by atoms with Crippen LogP contribution in [0, 0.1) is 0 Å². The third-order valence-corrected chi connectivity index (χ3v) is 5.18. The van der Waals surface area contributed by atoms with Crippen LogP contribution in [0.1, 0.15) is 0 Å². The maximum absolute atomic E-state index is 13.7. The Bertz CT molecular complexity index is 653. The Labute approximate surface area is 208 Å². The zero-order valence-corrected chi connectivity index (χ0v) is 18.9. The van der Waals surface area contributed by atoms with E-state index >= 15 is 0 Å². The molecule has 0 aromatic carbocycles. The third kappa shape index (κ3) is 9.43. The maximum Gasteiger partial charge on any atom is 0.341 e. The van der Waals surface area contributed by atoms with Crippen molar-refractivity contribution in [3.63, 3.8) is 0 Å². The predicted octanol–water partition coefficient (Wildman–Crippen LogP) is 7.88. The van der Waals surface area contributed by atoms with Gasteiger partial charge in [0.25, 0.3) is 38.3 Å². The van der Waals surface area contributed by atoms with Gasteiger partial charge in [-0.3, -0.25) is 13.6 Å². The van der Waals surface area contributed by atoms with E-state index < -0.39 is 102 Å². The van der Waals surface area contributed by atoms with E-state index in [1.807, 2.05) is 0 Å². The van der Waals surface area contributed by atoms with Crippen LogP contribution in [0.2, 0.25) is 0 Å². The molecule has 0 N–H and O–H groups in total. The molecule has 0 spiro atoms. The van der Waals surface area contributed by atoms with Crippen molar-refractivity contribution in [1.82, 2.24) is 0 Å². The zero-order valence-electron chi connectivity index (χ0n) is 18.0. The van der Waals surface area contributed by atoms with Crippen LogP contribution in [0.15, 0.2) is 0 Å². The molecule has 0 aromatic rings. The highest BCUT2D eigenvalue weighted by Crippen LogP contribution is 2.52. The molecule has 242 valence electrons. The van der Waals surface area contributed by atoms with E-state index in [4.69, 9.17) is 0 Å². The van der Waals surface area contributed by atoms with E-state index in [0.717, 1.165) is 0 Å². The van der Waals surface area contributed by atoms with Crippen LogP contribution < -0.4 is 0 Å². The lowest BCUT2D eigenvalue weighted by Gasteiger charge is -2.32. The van der Waals surface area contributed by atoms with Gasteiger partial charge in [0.1, 0.15) is 0 Å². The zero-order chi connectivity index (χ0) is 32.1. The van der Waals surface area contributed by atoms with Crippen molar-refractivity contribution in [3.8, 4) is 0 Å². The molecule has 0 aliphatic rings. The van der Waals surface area contributed by atoms with Crippen LogP contribution in [0.4, 0.5) is 92.2 Å². The molecule has 0 aliphatic carbocycles. The summed E-state index contributed by atoms with van der Waals surface area (Å²) in [6.45, 7) is 0. The molecule has 25 heteroatoms. The van der Waals surface area contributed by atoms with Crippen molar-refractivity contribution < 1.29 is 106 Å². The molecule has 0 heterocycles. The second kappa shape index (κ2) is 14.8. The summed E-state index contributed by atoms with van der Waals surface area (Å²) < 4.78 is 282. The smallest absolute Gasteiger partial charge is 0.270 e. The molecular formula is C15H12F21O3P. The van der Waals surface area contributed by atoms with Crippen molar-refractivity contribution in [3.05, 3.63) is 0 Å². The van der Waals surface area contributed by atoms with Crippen LogP contribution in [-0.4, -0.2) is 93.1 Å². The van der Waals surface area contributed by atoms with Gasteiger partial charge in [-0.15, -0.1) is 0 Å². The second-order valence-electron chi connectivity index (χ2n) is 7.05. The molecule has 40 heavy (non-hydrogen) atoms. The lowest BCUT2D eigenvalue weighted by Crippen LogP contribution is -2.50. The average molecular weight is 670 g/mol. The lowest BCUT2D eigenvalue weighted by atomic mass is 10.1. The Balaban J connectivity index is 6.23. The first-order chi connectivity index (χ1) is 17.8. The van der Waals surface area contributed by atoms with Gasteiger partial charge in [0, 0.05) is 0 Å². The van der Waals surface area contributed by atoms with Crippen LogP contribution in [0.5, 0.6) is 0 Å². The van der Waals surface area contributed by atoms with Crippen molar-refractivity contribution in [2.24, 2.45) is 0 Å². The molecule has 9 unspecified atom stereocenters. The molecule has 0 bridgehead atoms. The van der Waals surface area contributed by atoms with Gasteiger partial charge in [0.2, 0.25) is 18.5 Å². The quantitative estimate of drug-likeness (QED) is 0.110. The van der Waals surface area contributed by atoms with Gasteiger partial charge in [0.05, 0.1) is 0 Å². The average Bonchev–Trinajstić information content (AvgIpc) is 2.84. The fourth-order valence-corrected chi connectivity index (χ4v) is 2.93. The molecule has 3 nitrogen and oxygen atoms in total. The van der Waals surface area contributed by atoms with Crippen molar-refractivity contribution in [2.75, 3.05) is 0 Å². The topological polar surface area (TPSA) is 27.7 Å². The van der Waals surface area contributed by atoms with E-state index in [0.29, 0.717) is 0 Å². The van der Waals surface area contributed by atoms with Crippen molar-refractivity contribution >= 4 is 8.60 Å². The van der Waals surface area contributed by atoms with Gasteiger partial charge in [-0.05, 0) is 0 Å². The summed E-state index contributed by atoms with van der Waals surface area (Å²) in [7, 11) is -5.54.